The van der Waals surface area contributed by atoms with E-state index < -0.39 is 112 Å². The number of nitrogens with one attached hydrogen (secondary N) is 1. The van der Waals surface area contributed by atoms with Gasteiger partial charge in [-0.1, -0.05) is 98.3 Å². The molecule has 68 heavy (non-hydrogen) atoms. The quantitative estimate of drug-likeness (QED) is 0.0968. The Bertz CT molecular complexity index is 2550. The van der Waals surface area contributed by atoms with Gasteiger partial charge in [0.25, 0.3) is 5.91 Å². The average Bonchev–Trinajstić information content (AvgIpc) is 3.30. The molecule has 3 aliphatic carbocycles. The second-order valence-corrected chi connectivity index (χ2v) is 19.1. The molecule has 354 valence electrons. The number of aryl methyl sites for hydroxylation is 1. The minimum absolute atomic E-state index is 0. The number of carbonyl (C=O) groups excluding carboxylic acids is 4. The summed E-state index contributed by atoms with van der Waals surface area (Å²) in [6.07, 6.45) is -10.7. The van der Waals surface area contributed by atoms with E-state index in [1.54, 1.807) is 117 Å². The second-order valence-electron chi connectivity index (χ2n) is 18.4. The van der Waals surface area contributed by atoms with Crippen molar-refractivity contribution in [3.05, 3.63) is 149 Å². The maximum Gasteiger partial charge on any atom is 0.360 e. The van der Waals surface area contributed by atoms with Crippen LogP contribution in [0.5, 0.6) is 5.75 Å². The van der Waals surface area contributed by atoms with Crippen molar-refractivity contribution >= 4 is 35.0 Å². The van der Waals surface area contributed by atoms with Crippen LogP contribution in [0.25, 0.3) is 0 Å². The summed E-state index contributed by atoms with van der Waals surface area (Å²) in [5.74, 6) is -5.12. The van der Waals surface area contributed by atoms with Gasteiger partial charge in [0.1, 0.15) is 35.3 Å². The van der Waals surface area contributed by atoms with E-state index in [2.05, 4.69) is 5.32 Å². The van der Waals surface area contributed by atoms with E-state index in [1.165, 1.54) is 26.0 Å². The van der Waals surface area contributed by atoms with Crippen LogP contribution in [0.4, 0.5) is 0 Å². The molecule has 2 bridgehead atoms. The van der Waals surface area contributed by atoms with Crippen LogP contribution in [0.1, 0.15) is 78.4 Å². The Kier molecular flexibility index (Phi) is 17.3. The van der Waals surface area contributed by atoms with Gasteiger partial charge in [-0.2, -0.15) is 4.21 Å². The summed E-state index contributed by atoms with van der Waals surface area (Å²) >= 11 is -2.57. The number of esters is 2. The molecule has 0 spiro atoms. The molecule has 3 fully saturated rings. The van der Waals surface area contributed by atoms with Gasteiger partial charge in [-0.25, -0.2) is 9.59 Å². The molecule has 11 unspecified atom stereocenters. The predicted molar refractivity (Wildman–Crippen MR) is 237 cm³/mol. The Morgan fingerprint density at radius 2 is 1.40 bits per heavy atom. The number of ether oxygens (including phenoxy) is 3. The summed E-state index contributed by atoms with van der Waals surface area (Å²) in [7, 11) is 0. The molecular weight excluding hydrogens is 1320 g/mol. The maximum absolute atomic E-state index is 15.4. The minimum Gasteiger partial charge on any atom is -0.456 e. The SMILES string of the molecule is CC1=C2C(O)C(=O)[C@]3(C)C(OS(=O)Oc4ccc(C)cc4)CC4OCC4(O)C3C(OC(=O)c3ccccc3)C(O)(CC1OC(=O)C(O)C(NC(=O)c1ccccc1)c1ccccc1)C2(C)C.[Ac].[Ac]. The molecule has 1 heterocycles. The fourth-order valence-corrected chi connectivity index (χ4v) is 11.2. The van der Waals surface area contributed by atoms with E-state index >= 15 is 4.79 Å². The van der Waals surface area contributed by atoms with Crippen LogP contribution >= 0.6 is 0 Å². The van der Waals surface area contributed by atoms with Gasteiger partial charge in [0.15, 0.2) is 11.9 Å². The zero-order chi connectivity index (χ0) is 47.3. The molecule has 2 saturated carbocycles. The monoisotopic (exact) mass is 1380 g/mol. The molecule has 4 aliphatic rings. The first kappa shape index (κ1) is 54.6. The number of hydrogen-bond donors (Lipinski definition) is 5. The number of fused-ring (bicyclic) bond motifs is 5. The van der Waals surface area contributed by atoms with Gasteiger partial charge in [0, 0.05) is 118 Å². The molecule has 12 atom stereocenters. The van der Waals surface area contributed by atoms with E-state index in [1.807, 2.05) is 6.92 Å². The Morgan fingerprint density at radius 3 is 1.97 bits per heavy atom. The van der Waals surface area contributed by atoms with Crippen molar-refractivity contribution in [3.8, 4) is 5.75 Å². The number of aliphatic hydroxyl groups excluding tert-OH is 2. The summed E-state index contributed by atoms with van der Waals surface area (Å²) in [6.45, 7) is 7.49. The molecule has 1 aliphatic heterocycles. The summed E-state index contributed by atoms with van der Waals surface area (Å²) in [4.78, 5) is 57.5. The van der Waals surface area contributed by atoms with Crippen LogP contribution in [0.15, 0.2) is 126 Å². The molecule has 8 rings (SSSR count). The zero-order valence-electron chi connectivity index (χ0n) is 38.1. The third-order valence-corrected chi connectivity index (χ3v) is 15.0. The number of hydrogen-bond acceptors (Lipinski definition) is 14. The van der Waals surface area contributed by atoms with Crippen LogP contribution in [-0.2, 0) is 39.3 Å². The molecule has 4 aromatic carbocycles. The van der Waals surface area contributed by atoms with Crippen LogP contribution in [-0.4, -0.2) is 103 Å². The fraction of sp³-hybridized carbons (Fsp3) is 0.400. The van der Waals surface area contributed by atoms with Gasteiger partial charge in [0.05, 0.1) is 35.8 Å². The van der Waals surface area contributed by atoms with Gasteiger partial charge < -0.3 is 44.1 Å². The number of aliphatic hydroxyl groups is 4. The van der Waals surface area contributed by atoms with Crippen molar-refractivity contribution in [2.45, 2.75) is 101 Å². The van der Waals surface area contributed by atoms with Crippen LogP contribution in [0.2, 0.25) is 0 Å². The first-order valence-electron chi connectivity index (χ1n) is 21.7. The largest absolute Gasteiger partial charge is 0.456 e. The third-order valence-electron chi connectivity index (χ3n) is 14.3. The molecule has 2 radical (unpaired) electrons. The van der Waals surface area contributed by atoms with E-state index in [0.717, 1.165) is 5.56 Å². The number of benzene rings is 4. The molecule has 4 aromatic rings. The van der Waals surface area contributed by atoms with E-state index in [-0.39, 0.29) is 129 Å². The molecule has 5 N–H and O–H groups in total. The Labute approximate surface area is 468 Å². The summed E-state index contributed by atoms with van der Waals surface area (Å²) in [5, 5.41) is 53.3. The number of ketones is 1. The Hall–Kier alpha value is -2.71. The molecule has 1 amide bonds. The molecular formula is C50H53Ac2NO14S. The summed E-state index contributed by atoms with van der Waals surface area (Å²) in [5.41, 5.74) is -6.49. The first-order valence-corrected chi connectivity index (χ1v) is 22.7. The Morgan fingerprint density at radius 1 is 0.824 bits per heavy atom. The average molecular weight is 1380 g/mol. The van der Waals surface area contributed by atoms with Gasteiger partial charge >= 0.3 is 23.3 Å². The summed E-state index contributed by atoms with van der Waals surface area (Å²) < 4.78 is 43.7. The van der Waals surface area contributed by atoms with E-state index in [0.29, 0.717) is 5.56 Å². The van der Waals surface area contributed by atoms with E-state index in [9.17, 15) is 39.0 Å². The van der Waals surface area contributed by atoms with Gasteiger partial charge in [0.2, 0.25) is 0 Å². The van der Waals surface area contributed by atoms with Gasteiger partial charge in [-0.3, -0.25) is 13.8 Å². The third kappa shape index (κ3) is 9.93. The summed E-state index contributed by atoms with van der Waals surface area (Å²) in [6, 6.07) is 29.6. The normalized spacial score (nSPS) is 30.3. The van der Waals surface area contributed by atoms with Crippen molar-refractivity contribution in [1.29, 1.82) is 0 Å². The van der Waals surface area contributed by atoms with Crippen molar-refractivity contribution in [1.82, 2.24) is 5.32 Å². The van der Waals surface area contributed by atoms with Crippen LogP contribution in [0, 0.1) is 112 Å². The molecule has 18 heteroatoms. The first-order chi connectivity index (χ1) is 31.3. The topological polar surface area (TPSA) is 224 Å². The second kappa shape index (κ2) is 21.6. The molecule has 15 nitrogen and oxygen atoms in total. The predicted octanol–water partition coefficient (Wildman–Crippen LogP) is 4.58. The van der Waals surface area contributed by atoms with Crippen molar-refractivity contribution in [2.24, 2.45) is 16.7 Å². The van der Waals surface area contributed by atoms with Gasteiger partial charge in [-0.05, 0) is 73.9 Å². The maximum atomic E-state index is 15.4. The van der Waals surface area contributed by atoms with Crippen molar-refractivity contribution in [3.63, 3.8) is 0 Å². The van der Waals surface area contributed by atoms with Crippen LogP contribution < -0.4 is 9.50 Å². The van der Waals surface area contributed by atoms with Crippen LogP contribution in [0.3, 0.4) is 0 Å². The van der Waals surface area contributed by atoms with Gasteiger partial charge in [-0.15, -0.1) is 0 Å². The van der Waals surface area contributed by atoms with E-state index in [4.69, 9.17) is 22.6 Å². The number of rotatable bonds is 12. The standard InChI is InChI=1S/C50H53NO14S.2Ac/c1-28-21-23-33(24-22-28)64-66(60)65-35-25-36-49(58,27-61-36)41-43(63-45(56)32-19-13-8-14-20-32)50(59)26-34(29(2)37(47(50,3)4)39(52)42(54)48(35,41)5)62-46(57)40(53)38(30-15-9-6-10-16-30)51-44(55)31-17-11-7-12-18-31;;/h6-24,34-36,38-41,43,52-53,58-59H,25-27H2,1-5H3,(H,51,55);;/t34?,35?,36?,38?,39?,40?,41?,43?,48-,49?,50?,66?;;/m1../s1. The van der Waals surface area contributed by atoms with Crippen molar-refractivity contribution < 1.29 is 155 Å². The number of Topliss-reactive ketones (excluding diaryl/α,β-unsaturated/α-hetero) is 1. The number of carbonyl (C=O) groups is 4. The molecule has 0 aromatic heterocycles. The fourth-order valence-electron chi connectivity index (χ4n) is 10.4. The minimum atomic E-state index is -2.57. The van der Waals surface area contributed by atoms with Crippen molar-refractivity contribution in [2.75, 3.05) is 6.61 Å². The number of amides is 1. The molecule has 1 saturated heterocycles. The smallest absolute Gasteiger partial charge is 0.360 e. The Balaban J connectivity index is 0.00000381. The zero-order valence-corrected chi connectivity index (χ0v) is 48.5.